The molecule has 10 heteroatoms. The summed E-state index contributed by atoms with van der Waals surface area (Å²) in [5.41, 5.74) is 0.586. The van der Waals surface area contributed by atoms with Crippen molar-refractivity contribution in [2.75, 3.05) is 6.54 Å². The summed E-state index contributed by atoms with van der Waals surface area (Å²) >= 11 is 0. The molecule has 1 unspecified atom stereocenters. The molecular weight excluding hydrogens is 366 g/mol. The van der Waals surface area contributed by atoms with Crippen LogP contribution in [0, 0.1) is 11.7 Å². The first-order valence-electron chi connectivity index (χ1n) is 8.29. The van der Waals surface area contributed by atoms with E-state index in [1.54, 1.807) is 0 Å². The first-order chi connectivity index (χ1) is 12.7. The maximum atomic E-state index is 14.0. The number of nitrogens with zero attached hydrogens (tertiary/aromatic N) is 3. The van der Waals surface area contributed by atoms with Crippen molar-refractivity contribution in [3.63, 3.8) is 0 Å². The lowest BCUT2D eigenvalue weighted by Crippen LogP contribution is -2.40. The van der Waals surface area contributed by atoms with E-state index in [1.807, 2.05) is 6.92 Å². The zero-order valence-electron chi connectivity index (χ0n) is 14.3. The van der Waals surface area contributed by atoms with E-state index < -0.39 is 17.8 Å². The van der Waals surface area contributed by atoms with E-state index >= 15 is 0 Å². The van der Waals surface area contributed by atoms with Crippen molar-refractivity contribution in [2.24, 2.45) is 5.92 Å². The molecule has 6 nitrogen and oxygen atoms in total. The second-order valence-electron chi connectivity index (χ2n) is 6.47. The van der Waals surface area contributed by atoms with Gasteiger partial charge in [0.15, 0.2) is 0 Å². The first-order valence-corrected chi connectivity index (χ1v) is 8.29. The number of rotatable bonds is 4. The van der Waals surface area contributed by atoms with Gasteiger partial charge in [-0.3, -0.25) is 9.78 Å². The Morgan fingerprint density at radius 1 is 1.26 bits per heavy atom. The molecule has 0 bridgehead atoms. The molecule has 1 aliphatic heterocycles. The number of carbonyl (C=O) groups excluding carboxylic acids is 1. The van der Waals surface area contributed by atoms with Gasteiger partial charge in [-0.2, -0.15) is 13.2 Å². The fraction of sp³-hybridized carbons (Fsp3) is 0.412. The molecule has 1 fully saturated rings. The maximum Gasteiger partial charge on any atom is 0.451 e. The third-order valence-electron chi connectivity index (χ3n) is 4.26. The van der Waals surface area contributed by atoms with E-state index in [0.717, 1.165) is 25.1 Å². The Morgan fingerprint density at radius 2 is 1.96 bits per heavy atom. The maximum absolute atomic E-state index is 14.0. The Bertz CT molecular complexity index is 825. The summed E-state index contributed by atoms with van der Waals surface area (Å²) < 4.78 is 51.6. The molecule has 0 saturated carbocycles. The van der Waals surface area contributed by atoms with E-state index in [9.17, 15) is 22.4 Å². The van der Waals surface area contributed by atoms with Crippen LogP contribution in [-0.2, 0) is 17.5 Å². The summed E-state index contributed by atoms with van der Waals surface area (Å²) in [6.45, 7) is 2.72. The van der Waals surface area contributed by atoms with Crippen LogP contribution in [0.3, 0.4) is 0 Å². The van der Waals surface area contributed by atoms with Crippen molar-refractivity contribution in [3.05, 3.63) is 41.9 Å². The van der Waals surface area contributed by atoms with Crippen LogP contribution in [0.25, 0.3) is 11.3 Å². The number of carbonyl (C=O) groups is 1. The van der Waals surface area contributed by atoms with Gasteiger partial charge in [-0.25, -0.2) is 14.4 Å². The van der Waals surface area contributed by atoms with E-state index in [1.165, 1.54) is 6.07 Å². The van der Waals surface area contributed by atoms with Crippen molar-refractivity contribution >= 4 is 5.91 Å². The molecule has 1 amide bonds. The number of amides is 1. The van der Waals surface area contributed by atoms with Gasteiger partial charge in [0.2, 0.25) is 11.7 Å². The van der Waals surface area contributed by atoms with Gasteiger partial charge in [0.25, 0.3) is 0 Å². The fourth-order valence-electron chi connectivity index (χ4n) is 2.80. The fourth-order valence-corrected chi connectivity index (χ4v) is 2.80. The van der Waals surface area contributed by atoms with Gasteiger partial charge in [-0.05, 0) is 24.9 Å². The highest BCUT2D eigenvalue weighted by molar-refractivity contribution is 5.82. The van der Waals surface area contributed by atoms with Crippen LogP contribution >= 0.6 is 0 Å². The minimum absolute atomic E-state index is 0.0613. The normalized spacial score (nSPS) is 19.9. The van der Waals surface area contributed by atoms with Gasteiger partial charge in [-0.1, -0.05) is 6.92 Å². The number of hydrogen-bond acceptors (Lipinski definition) is 5. The predicted molar refractivity (Wildman–Crippen MR) is 87.6 cm³/mol. The molecule has 27 heavy (non-hydrogen) atoms. The van der Waals surface area contributed by atoms with Gasteiger partial charge < -0.3 is 10.6 Å². The summed E-state index contributed by atoms with van der Waals surface area (Å²) in [4.78, 5) is 22.5. The van der Waals surface area contributed by atoms with Crippen LogP contribution in [0.5, 0.6) is 0 Å². The Kier molecular flexibility index (Phi) is 5.36. The topological polar surface area (TPSA) is 79.8 Å². The molecule has 3 rings (SSSR count). The lowest BCUT2D eigenvalue weighted by atomic mass is 10.1. The predicted octanol–water partition coefficient (Wildman–Crippen LogP) is 2.31. The van der Waals surface area contributed by atoms with Crippen LogP contribution in [0.15, 0.2) is 24.7 Å². The highest BCUT2D eigenvalue weighted by Crippen LogP contribution is 2.27. The Morgan fingerprint density at radius 3 is 2.56 bits per heavy atom. The number of hydrogen-bond donors (Lipinski definition) is 2. The number of pyridine rings is 1. The molecule has 2 aromatic rings. The number of nitrogens with one attached hydrogen (secondary N) is 2. The minimum atomic E-state index is -4.64. The number of aromatic nitrogens is 3. The minimum Gasteiger partial charge on any atom is -0.351 e. The van der Waals surface area contributed by atoms with Crippen molar-refractivity contribution in [2.45, 2.75) is 32.1 Å². The quantitative estimate of drug-likeness (QED) is 0.792. The third kappa shape index (κ3) is 4.57. The Labute approximate surface area is 152 Å². The molecule has 1 aliphatic rings. The van der Waals surface area contributed by atoms with Gasteiger partial charge in [-0.15, -0.1) is 0 Å². The summed E-state index contributed by atoms with van der Waals surface area (Å²) in [5, 5.41) is 5.75. The smallest absolute Gasteiger partial charge is 0.351 e. The van der Waals surface area contributed by atoms with E-state index in [2.05, 4.69) is 25.6 Å². The molecule has 2 N–H and O–H groups in total. The second kappa shape index (κ2) is 7.55. The van der Waals surface area contributed by atoms with Crippen LogP contribution in [0.1, 0.15) is 24.7 Å². The summed E-state index contributed by atoms with van der Waals surface area (Å²) in [6, 6.07) is 1.04. The lowest BCUT2D eigenvalue weighted by molar-refractivity contribution is -0.145. The third-order valence-corrected chi connectivity index (χ3v) is 4.26. The van der Waals surface area contributed by atoms with Crippen LogP contribution in [0.2, 0.25) is 0 Å². The van der Waals surface area contributed by atoms with Gasteiger partial charge in [0, 0.05) is 30.1 Å². The molecule has 1 saturated heterocycles. The summed E-state index contributed by atoms with van der Waals surface area (Å²) in [7, 11) is 0. The molecule has 3 heterocycles. The Hall–Kier alpha value is -2.62. The average molecular weight is 383 g/mol. The highest BCUT2D eigenvalue weighted by atomic mass is 19.4. The van der Waals surface area contributed by atoms with Gasteiger partial charge in [0.05, 0.1) is 17.9 Å². The van der Waals surface area contributed by atoms with E-state index in [0.29, 0.717) is 12.3 Å². The zero-order valence-corrected chi connectivity index (χ0v) is 14.3. The lowest BCUT2D eigenvalue weighted by Gasteiger charge is -2.12. The van der Waals surface area contributed by atoms with Crippen molar-refractivity contribution < 1.29 is 22.4 Å². The summed E-state index contributed by atoms with van der Waals surface area (Å²) in [6.07, 6.45) is -1.04. The molecule has 144 valence electrons. The number of alkyl halides is 3. The molecule has 0 radical (unpaired) electrons. The van der Waals surface area contributed by atoms with E-state index in [-0.39, 0.29) is 35.3 Å². The zero-order chi connectivity index (χ0) is 19.6. The molecule has 0 aromatic carbocycles. The second-order valence-corrected chi connectivity index (χ2v) is 6.47. The van der Waals surface area contributed by atoms with Crippen LogP contribution in [0.4, 0.5) is 17.6 Å². The van der Waals surface area contributed by atoms with Crippen molar-refractivity contribution in [1.82, 2.24) is 25.6 Å². The van der Waals surface area contributed by atoms with Crippen LogP contribution in [-0.4, -0.2) is 33.4 Å². The van der Waals surface area contributed by atoms with Gasteiger partial charge >= 0.3 is 6.18 Å². The average Bonchev–Trinajstić information content (AvgIpc) is 3.07. The molecule has 2 atom stereocenters. The SMILES string of the molecule is C[C@H]1CNC(C(=O)NCc2cc(-c3cnc(C(F)(F)F)nc3)ncc2F)C1. The highest BCUT2D eigenvalue weighted by Gasteiger charge is 2.34. The van der Waals surface area contributed by atoms with Crippen LogP contribution < -0.4 is 10.6 Å². The summed E-state index contributed by atoms with van der Waals surface area (Å²) in [5.74, 6) is -1.72. The first kappa shape index (κ1) is 19.2. The van der Waals surface area contributed by atoms with E-state index in [4.69, 9.17) is 0 Å². The molecular formula is C17H17F4N5O. The Balaban J connectivity index is 1.71. The number of halogens is 4. The molecule has 0 spiro atoms. The standard InChI is InChI=1S/C17H17F4N5O/c1-9-2-14(22-4-9)15(27)24-5-10-3-13(23-8-12(10)18)11-6-25-16(26-7-11)17(19,20)21/h3,6-9,14,22H,2,4-5H2,1H3,(H,24,27)/t9-,14?/m1/s1. The molecule has 0 aliphatic carbocycles. The van der Waals surface area contributed by atoms with Gasteiger partial charge in [0.1, 0.15) is 5.82 Å². The monoisotopic (exact) mass is 383 g/mol. The van der Waals surface area contributed by atoms with Crippen molar-refractivity contribution in [1.29, 1.82) is 0 Å². The van der Waals surface area contributed by atoms with Crippen molar-refractivity contribution in [3.8, 4) is 11.3 Å². The molecule has 2 aromatic heterocycles. The largest absolute Gasteiger partial charge is 0.451 e.